The SMILES string of the molecule is Cc1ccc(S(=O)(=O)c2nnn3c2nc(N)c2cc(Cl)ccc23)cc1C. The molecule has 0 radical (unpaired) electrons. The van der Waals surface area contributed by atoms with Gasteiger partial charge in [0, 0.05) is 10.4 Å². The fourth-order valence-corrected chi connectivity index (χ4v) is 4.25. The average molecular weight is 388 g/mol. The van der Waals surface area contributed by atoms with E-state index in [1.165, 1.54) is 4.52 Å². The van der Waals surface area contributed by atoms with Crippen LogP contribution in [0, 0.1) is 13.8 Å². The van der Waals surface area contributed by atoms with E-state index in [0.29, 0.717) is 15.9 Å². The van der Waals surface area contributed by atoms with Crippen LogP contribution in [0.2, 0.25) is 5.02 Å². The van der Waals surface area contributed by atoms with Crippen LogP contribution in [0.1, 0.15) is 11.1 Å². The first-order chi connectivity index (χ1) is 12.3. The Balaban J connectivity index is 2.02. The molecule has 2 N–H and O–H groups in total. The molecular weight excluding hydrogens is 374 g/mol. The van der Waals surface area contributed by atoms with Crippen molar-refractivity contribution in [1.29, 1.82) is 0 Å². The molecule has 26 heavy (non-hydrogen) atoms. The average Bonchev–Trinajstić information content (AvgIpc) is 3.02. The number of aromatic nitrogens is 4. The van der Waals surface area contributed by atoms with Crippen molar-refractivity contribution in [3.63, 3.8) is 0 Å². The molecule has 0 fully saturated rings. The Hall–Kier alpha value is -2.71. The summed E-state index contributed by atoms with van der Waals surface area (Å²) >= 11 is 6.00. The Bertz CT molecular complexity index is 1300. The van der Waals surface area contributed by atoms with Gasteiger partial charge in [-0.15, -0.1) is 5.10 Å². The molecule has 132 valence electrons. The number of halogens is 1. The molecule has 0 spiro atoms. The Kier molecular flexibility index (Phi) is 3.64. The second-order valence-electron chi connectivity index (χ2n) is 6.04. The number of fused-ring (bicyclic) bond motifs is 3. The van der Waals surface area contributed by atoms with Crippen LogP contribution in [-0.4, -0.2) is 28.2 Å². The molecule has 0 aliphatic heterocycles. The number of rotatable bonds is 2. The number of nitrogens with two attached hydrogens (primary N) is 1. The Morgan fingerprint density at radius 3 is 2.58 bits per heavy atom. The largest absolute Gasteiger partial charge is 0.383 e. The summed E-state index contributed by atoms with van der Waals surface area (Å²) in [5.41, 5.74) is 8.54. The van der Waals surface area contributed by atoms with E-state index < -0.39 is 9.84 Å². The van der Waals surface area contributed by atoms with E-state index in [2.05, 4.69) is 15.3 Å². The van der Waals surface area contributed by atoms with Crippen LogP contribution in [0.4, 0.5) is 5.82 Å². The highest BCUT2D eigenvalue weighted by molar-refractivity contribution is 7.91. The monoisotopic (exact) mass is 387 g/mol. The number of hydrogen-bond donors (Lipinski definition) is 1. The van der Waals surface area contributed by atoms with E-state index in [1.54, 1.807) is 36.4 Å². The Morgan fingerprint density at radius 1 is 1.08 bits per heavy atom. The van der Waals surface area contributed by atoms with Crippen LogP contribution in [0.5, 0.6) is 0 Å². The highest BCUT2D eigenvalue weighted by Gasteiger charge is 2.27. The van der Waals surface area contributed by atoms with Crippen LogP contribution in [0.15, 0.2) is 46.3 Å². The van der Waals surface area contributed by atoms with Crippen LogP contribution < -0.4 is 5.73 Å². The van der Waals surface area contributed by atoms with Gasteiger partial charge >= 0.3 is 0 Å². The van der Waals surface area contributed by atoms with Gasteiger partial charge in [-0.2, -0.15) is 4.52 Å². The lowest BCUT2D eigenvalue weighted by molar-refractivity contribution is 0.592. The molecule has 0 atom stereocenters. The molecule has 0 unspecified atom stereocenters. The van der Waals surface area contributed by atoms with E-state index in [9.17, 15) is 8.42 Å². The molecule has 0 aliphatic carbocycles. The smallest absolute Gasteiger partial charge is 0.229 e. The number of aryl methyl sites for hydroxylation is 2. The van der Waals surface area contributed by atoms with Gasteiger partial charge in [0.1, 0.15) is 5.82 Å². The van der Waals surface area contributed by atoms with Gasteiger partial charge < -0.3 is 5.73 Å². The summed E-state index contributed by atoms with van der Waals surface area (Å²) in [6, 6.07) is 9.93. The van der Waals surface area contributed by atoms with Gasteiger partial charge in [0.15, 0.2) is 5.65 Å². The molecule has 2 aromatic carbocycles. The second-order valence-corrected chi connectivity index (χ2v) is 8.34. The van der Waals surface area contributed by atoms with Crippen molar-refractivity contribution in [3.05, 3.63) is 52.5 Å². The number of nitrogen functional groups attached to an aromatic ring is 1. The van der Waals surface area contributed by atoms with Gasteiger partial charge in [0.25, 0.3) is 0 Å². The van der Waals surface area contributed by atoms with Crippen molar-refractivity contribution in [3.8, 4) is 0 Å². The molecule has 2 heterocycles. The standard InChI is InChI=1S/C17H14ClN5O2S/c1-9-3-5-12(7-10(9)2)26(24,25)17-16-20-15(19)13-8-11(18)4-6-14(13)23(16)22-21-17/h3-8H,1-2H3,(H2,19,20). The first-order valence-electron chi connectivity index (χ1n) is 7.71. The fraction of sp³-hybridized carbons (Fsp3) is 0.118. The zero-order chi connectivity index (χ0) is 18.6. The predicted molar refractivity (Wildman–Crippen MR) is 99.1 cm³/mol. The lowest BCUT2D eigenvalue weighted by Crippen LogP contribution is -2.06. The zero-order valence-electron chi connectivity index (χ0n) is 13.9. The van der Waals surface area contributed by atoms with E-state index in [1.807, 2.05) is 13.8 Å². The third-order valence-electron chi connectivity index (χ3n) is 4.35. The molecule has 0 bridgehead atoms. The van der Waals surface area contributed by atoms with Gasteiger partial charge in [-0.05, 0) is 55.3 Å². The summed E-state index contributed by atoms with van der Waals surface area (Å²) in [5.74, 6) is 0.161. The van der Waals surface area contributed by atoms with Crippen molar-refractivity contribution < 1.29 is 8.42 Å². The Morgan fingerprint density at radius 2 is 1.85 bits per heavy atom. The lowest BCUT2D eigenvalue weighted by atomic mass is 10.1. The van der Waals surface area contributed by atoms with Crippen molar-refractivity contribution in [1.82, 2.24) is 19.8 Å². The summed E-state index contributed by atoms with van der Waals surface area (Å²) in [5, 5.41) is 8.69. The molecule has 7 nitrogen and oxygen atoms in total. The number of nitrogens with zero attached hydrogens (tertiary/aromatic N) is 4. The van der Waals surface area contributed by atoms with Crippen LogP contribution in [0.3, 0.4) is 0 Å². The van der Waals surface area contributed by atoms with Gasteiger partial charge in [-0.1, -0.05) is 22.9 Å². The van der Waals surface area contributed by atoms with Crippen LogP contribution in [0.25, 0.3) is 16.6 Å². The third kappa shape index (κ3) is 2.41. The highest BCUT2D eigenvalue weighted by Crippen LogP contribution is 2.28. The molecule has 0 saturated heterocycles. The van der Waals surface area contributed by atoms with E-state index in [-0.39, 0.29) is 21.4 Å². The maximum Gasteiger partial charge on any atom is 0.229 e. The molecule has 0 aliphatic rings. The number of hydrogen-bond acceptors (Lipinski definition) is 6. The fourth-order valence-electron chi connectivity index (χ4n) is 2.76. The molecule has 9 heteroatoms. The van der Waals surface area contributed by atoms with Gasteiger partial charge in [-0.25, -0.2) is 13.4 Å². The summed E-state index contributed by atoms with van der Waals surface area (Å²) in [6.07, 6.45) is 0. The molecule has 0 saturated carbocycles. The van der Waals surface area contributed by atoms with Crippen molar-refractivity contribution in [2.75, 3.05) is 5.73 Å². The van der Waals surface area contributed by atoms with E-state index in [0.717, 1.165) is 11.1 Å². The first-order valence-corrected chi connectivity index (χ1v) is 9.57. The van der Waals surface area contributed by atoms with E-state index in [4.69, 9.17) is 17.3 Å². The third-order valence-corrected chi connectivity index (χ3v) is 6.23. The summed E-state index contributed by atoms with van der Waals surface area (Å²) in [4.78, 5) is 4.35. The van der Waals surface area contributed by atoms with Crippen molar-refractivity contribution in [2.24, 2.45) is 0 Å². The maximum atomic E-state index is 13.1. The van der Waals surface area contributed by atoms with Gasteiger partial charge in [-0.3, -0.25) is 0 Å². The molecule has 0 amide bonds. The van der Waals surface area contributed by atoms with Crippen LogP contribution >= 0.6 is 11.6 Å². The van der Waals surface area contributed by atoms with Gasteiger partial charge in [0.2, 0.25) is 14.9 Å². The molecular formula is C17H14ClN5O2S. The van der Waals surface area contributed by atoms with Crippen LogP contribution in [-0.2, 0) is 9.84 Å². The summed E-state index contributed by atoms with van der Waals surface area (Å²) < 4.78 is 27.5. The minimum atomic E-state index is -3.89. The minimum Gasteiger partial charge on any atom is -0.383 e. The number of anilines is 1. The highest BCUT2D eigenvalue weighted by atomic mass is 35.5. The Labute approximate surface area is 154 Å². The normalized spacial score (nSPS) is 12.1. The van der Waals surface area contributed by atoms with Crippen molar-refractivity contribution >= 4 is 43.8 Å². The second kappa shape index (κ2) is 5.65. The zero-order valence-corrected chi connectivity index (χ0v) is 15.5. The van der Waals surface area contributed by atoms with E-state index >= 15 is 0 Å². The summed E-state index contributed by atoms with van der Waals surface area (Å²) in [6.45, 7) is 3.77. The molecule has 2 aromatic heterocycles. The van der Waals surface area contributed by atoms with Crippen molar-refractivity contribution in [2.45, 2.75) is 23.8 Å². The maximum absolute atomic E-state index is 13.1. The predicted octanol–water partition coefficient (Wildman–Crippen LogP) is 2.96. The first kappa shape index (κ1) is 16.7. The minimum absolute atomic E-state index is 0.0792. The quantitative estimate of drug-likeness (QED) is 0.567. The topological polar surface area (TPSA) is 103 Å². The number of sulfone groups is 1. The number of benzene rings is 2. The molecule has 4 aromatic rings. The van der Waals surface area contributed by atoms with Gasteiger partial charge in [0.05, 0.1) is 10.4 Å². The summed E-state index contributed by atoms with van der Waals surface area (Å²) in [7, 11) is -3.89. The molecule has 4 rings (SSSR count). The lowest BCUT2D eigenvalue weighted by Gasteiger charge is -2.06.